The number of hydrogen-bond acceptors (Lipinski definition) is 3. The van der Waals surface area contributed by atoms with Crippen LogP contribution in [0.3, 0.4) is 0 Å². The van der Waals surface area contributed by atoms with Gasteiger partial charge >= 0.3 is 0 Å². The molecular weight excluding hydrogens is 321 g/mol. The van der Waals surface area contributed by atoms with Crippen molar-refractivity contribution in [3.05, 3.63) is 42.1 Å². The molecule has 0 radical (unpaired) electrons. The summed E-state index contributed by atoms with van der Waals surface area (Å²) >= 11 is 0. The number of aromatic nitrogens is 1. The van der Waals surface area contributed by atoms with E-state index in [-0.39, 0.29) is 30.7 Å². The normalized spacial score (nSPS) is 17.5. The van der Waals surface area contributed by atoms with E-state index < -0.39 is 0 Å². The van der Waals surface area contributed by atoms with Crippen LogP contribution in [-0.4, -0.2) is 35.4 Å². The third kappa shape index (κ3) is 3.69. The lowest BCUT2D eigenvalue weighted by Gasteiger charge is -2.32. The number of pyridine rings is 1. The van der Waals surface area contributed by atoms with Crippen LogP contribution < -0.4 is 5.73 Å². The highest BCUT2D eigenvalue weighted by molar-refractivity contribution is 6.05. The molecule has 1 saturated heterocycles. The Labute approximate surface area is 142 Å². The number of carbonyl (C=O) groups is 1. The zero-order chi connectivity index (χ0) is 13.9. The fourth-order valence-electron chi connectivity index (χ4n) is 2.89. The first kappa shape index (κ1) is 18.7. The molecule has 2 N–H and O–H groups in total. The molecule has 0 spiro atoms. The molecule has 1 fully saturated rings. The van der Waals surface area contributed by atoms with Gasteiger partial charge in [-0.25, -0.2) is 0 Å². The van der Waals surface area contributed by atoms with Crippen LogP contribution in [0.25, 0.3) is 10.9 Å². The second kappa shape index (κ2) is 8.32. The maximum Gasteiger partial charge on any atom is 0.256 e. The molecular formula is C16H21Cl2N3O. The summed E-state index contributed by atoms with van der Waals surface area (Å²) < 4.78 is 0. The lowest BCUT2D eigenvalue weighted by Crippen LogP contribution is -2.42. The van der Waals surface area contributed by atoms with Crippen molar-refractivity contribution in [1.82, 2.24) is 9.88 Å². The van der Waals surface area contributed by atoms with Gasteiger partial charge in [0.05, 0.1) is 11.1 Å². The van der Waals surface area contributed by atoms with Gasteiger partial charge in [0, 0.05) is 24.7 Å². The number of carbonyl (C=O) groups excluding carboxylic acids is 1. The Hall–Kier alpha value is -1.36. The number of fused-ring (bicyclic) bond motifs is 1. The maximum absolute atomic E-state index is 12.7. The summed E-state index contributed by atoms with van der Waals surface area (Å²) in [5.41, 5.74) is 7.23. The number of halogens is 2. The van der Waals surface area contributed by atoms with E-state index in [0.29, 0.717) is 18.0 Å². The fraction of sp³-hybridized carbons (Fsp3) is 0.375. The highest BCUT2D eigenvalue weighted by Crippen LogP contribution is 2.21. The topological polar surface area (TPSA) is 59.2 Å². The molecule has 0 bridgehead atoms. The SMILES string of the molecule is Cl.Cl.NCC1CCCN(C(=O)c2cccc3cccnc23)C1. The molecule has 2 aromatic rings. The Bertz CT molecular complexity index is 630. The number of para-hydroxylation sites is 1. The molecule has 22 heavy (non-hydrogen) atoms. The average Bonchev–Trinajstić information content (AvgIpc) is 2.53. The minimum atomic E-state index is 0. The van der Waals surface area contributed by atoms with Gasteiger partial charge in [0.25, 0.3) is 5.91 Å². The standard InChI is InChI=1S/C16H19N3O.2ClH/c17-10-12-4-3-9-19(11-12)16(20)14-7-1-5-13-6-2-8-18-15(13)14;;/h1-2,5-8,12H,3-4,9-11,17H2;2*1H. The number of nitrogens with two attached hydrogens (primary N) is 1. The molecule has 1 aromatic heterocycles. The van der Waals surface area contributed by atoms with E-state index >= 15 is 0 Å². The number of hydrogen-bond donors (Lipinski definition) is 1. The first-order valence-electron chi connectivity index (χ1n) is 7.12. The summed E-state index contributed by atoms with van der Waals surface area (Å²) in [6.45, 7) is 2.23. The summed E-state index contributed by atoms with van der Waals surface area (Å²) in [5.74, 6) is 0.503. The Morgan fingerprint density at radius 3 is 2.82 bits per heavy atom. The maximum atomic E-state index is 12.7. The zero-order valence-electron chi connectivity index (χ0n) is 12.3. The zero-order valence-corrected chi connectivity index (χ0v) is 13.9. The molecule has 1 aromatic carbocycles. The molecule has 1 aliphatic rings. The van der Waals surface area contributed by atoms with E-state index in [9.17, 15) is 4.79 Å². The molecule has 1 atom stereocenters. The highest BCUT2D eigenvalue weighted by atomic mass is 35.5. The van der Waals surface area contributed by atoms with E-state index in [4.69, 9.17) is 5.73 Å². The van der Waals surface area contributed by atoms with Crippen LogP contribution in [0, 0.1) is 5.92 Å². The lowest BCUT2D eigenvalue weighted by molar-refractivity contribution is 0.0680. The Morgan fingerprint density at radius 2 is 2.05 bits per heavy atom. The van der Waals surface area contributed by atoms with Crippen LogP contribution in [-0.2, 0) is 0 Å². The number of amides is 1. The molecule has 0 aliphatic carbocycles. The second-order valence-corrected chi connectivity index (χ2v) is 5.38. The molecule has 1 amide bonds. The van der Waals surface area contributed by atoms with Gasteiger partial charge < -0.3 is 10.6 Å². The first-order chi connectivity index (χ1) is 9.79. The van der Waals surface area contributed by atoms with E-state index in [1.54, 1.807) is 6.20 Å². The van der Waals surface area contributed by atoms with Gasteiger partial charge in [-0.15, -0.1) is 24.8 Å². The van der Waals surface area contributed by atoms with Crippen LogP contribution in [0.15, 0.2) is 36.5 Å². The summed E-state index contributed by atoms with van der Waals surface area (Å²) in [6, 6.07) is 9.64. The minimum absolute atomic E-state index is 0. The quantitative estimate of drug-likeness (QED) is 0.913. The van der Waals surface area contributed by atoms with Crippen LogP contribution in [0.5, 0.6) is 0 Å². The van der Waals surface area contributed by atoms with E-state index in [2.05, 4.69) is 4.98 Å². The predicted molar refractivity (Wildman–Crippen MR) is 93.9 cm³/mol. The molecule has 0 saturated carbocycles. The monoisotopic (exact) mass is 341 g/mol. The molecule has 3 rings (SSSR count). The molecule has 1 unspecified atom stereocenters. The molecule has 2 heterocycles. The third-order valence-corrected chi connectivity index (χ3v) is 4.00. The van der Waals surface area contributed by atoms with Gasteiger partial charge in [0.1, 0.15) is 0 Å². The number of nitrogens with zero attached hydrogens (tertiary/aromatic N) is 2. The average molecular weight is 342 g/mol. The van der Waals surface area contributed by atoms with Crippen molar-refractivity contribution in [2.24, 2.45) is 11.7 Å². The predicted octanol–water partition coefficient (Wildman–Crippen LogP) is 2.89. The van der Waals surface area contributed by atoms with Crippen molar-refractivity contribution >= 4 is 41.6 Å². The molecule has 6 heteroatoms. The van der Waals surface area contributed by atoms with E-state index in [0.717, 1.165) is 36.8 Å². The van der Waals surface area contributed by atoms with Crippen LogP contribution in [0.1, 0.15) is 23.2 Å². The van der Waals surface area contributed by atoms with Crippen molar-refractivity contribution in [1.29, 1.82) is 0 Å². The van der Waals surface area contributed by atoms with Gasteiger partial charge in [-0.3, -0.25) is 9.78 Å². The summed E-state index contributed by atoms with van der Waals surface area (Å²) in [7, 11) is 0. The summed E-state index contributed by atoms with van der Waals surface area (Å²) in [5, 5.41) is 1.01. The first-order valence-corrected chi connectivity index (χ1v) is 7.12. The van der Waals surface area contributed by atoms with Crippen molar-refractivity contribution in [3.8, 4) is 0 Å². The Morgan fingerprint density at radius 1 is 1.27 bits per heavy atom. The number of likely N-dealkylation sites (tertiary alicyclic amines) is 1. The van der Waals surface area contributed by atoms with Gasteiger partial charge in [-0.1, -0.05) is 18.2 Å². The van der Waals surface area contributed by atoms with Crippen LogP contribution in [0.4, 0.5) is 0 Å². The summed E-state index contributed by atoms with van der Waals surface area (Å²) in [4.78, 5) is 19.0. The third-order valence-electron chi connectivity index (χ3n) is 4.00. The van der Waals surface area contributed by atoms with E-state index in [1.807, 2.05) is 35.2 Å². The number of rotatable bonds is 2. The highest BCUT2D eigenvalue weighted by Gasteiger charge is 2.24. The van der Waals surface area contributed by atoms with Crippen LogP contribution in [0.2, 0.25) is 0 Å². The smallest absolute Gasteiger partial charge is 0.256 e. The van der Waals surface area contributed by atoms with Gasteiger partial charge in [0.2, 0.25) is 0 Å². The van der Waals surface area contributed by atoms with E-state index in [1.165, 1.54) is 0 Å². The fourth-order valence-corrected chi connectivity index (χ4v) is 2.89. The van der Waals surface area contributed by atoms with Crippen molar-refractivity contribution in [3.63, 3.8) is 0 Å². The van der Waals surface area contributed by atoms with Gasteiger partial charge in [0.15, 0.2) is 0 Å². The minimum Gasteiger partial charge on any atom is -0.338 e. The molecule has 4 nitrogen and oxygen atoms in total. The van der Waals surface area contributed by atoms with Crippen molar-refractivity contribution in [2.75, 3.05) is 19.6 Å². The second-order valence-electron chi connectivity index (χ2n) is 5.38. The van der Waals surface area contributed by atoms with Crippen molar-refractivity contribution < 1.29 is 4.79 Å². The van der Waals surface area contributed by atoms with Crippen molar-refractivity contribution in [2.45, 2.75) is 12.8 Å². The number of benzene rings is 1. The summed E-state index contributed by atoms with van der Waals surface area (Å²) in [6.07, 6.45) is 3.89. The lowest BCUT2D eigenvalue weighted by atomic mass is 9.97. The van der Waals surface area contributed by atoms with Crippen LogP contribution >= 0.6 is 24.8 Å². The molecule has 1 aliphatic heterocycles. The largest absolute Gasteiger partial charge is 0.338 e. The Kier molecular flexibility index (Phi) is 7.07. The van der Waals surface area contributed by atoms with Gasteiger partial charge in [-0.05, 0) is 37.4 Å². The Balaban J connectivity index is 0.00000121. The van der Waals surface area contributed by atoms with Gasteiger partial charge in [-0.2, -0.15) is 0 Å². The number of piperidine rings is 1. The molecule has 120 valence electrons.